The Morgan fingerprint density at radius 3 is 2.37 bits per heavy atom. The summed E-state index contributed by atoms with van der Waals surface area (Å²) < 4.78 is 29.5. The number of carboxylic acids is 1. The van der Waals surface area contributed by atoms with Crippen LogP contribution in [0, 0.1) is 5.92 Å². The minimum atomic E-state index is -2.35. The topological polar surface area (TPSA) is 148 Å². The van der Waals surface area contributed by atoms with Crippen molar-refractivity contribution in [3.05, 3.63) is 36.0 Å². The SMILES string of the molecule is CCN(CC)c1ncc(N(CC2CCCC2)S(=O)O)c(NC(Cc2ccc(OC(=O)N3CCCC3)cc2)C(=O)O)n1. The zero-order chi connectivity index (χ0) is 29.4. The van der Waals surface area contributed by atoms with Gasteiger partial charge in [-0.2, -0.15) is 4.98 Å². The Balaban J connectivity index is 1.55. The van der Waals surface area contributed by atoms with Crippen LogP contribution in [0.2, 0.25) is 0 Å². The Hall–Kier alpha value is -3.45. The van der Waals surface area contributed by atoms with Crippen LogP contribution in [0.4, 0.5) is 22.2 Å². The molecule has 224 valence electrons. The number of likely N-dealkylation sites (tertiary alicyclic amines) is 1. The third kappa shape index (κ3) is 8.07. The molecule has 4 rings (SSSR count). The highest BCUT2D eigenvalue weighted by Crippen LogP contribution is 2.32. The largest absolute Gasteiger partial charge is 0.480 e. The summed E-state index contributed by atoms with van der Waals surface area (Å²) in [6.07, 6.45) is 7.24. The molecular weight excluding hydrogens is 548 g/mol. The number of nitrogens with one attached hydrogen (secondary N) is 1. The lowest BCUT2D eigenvalue weighted by Crippen LogP contribution is -2.36. The van der Waals surface area contributed by atoms with Crippen molar-refractivity contribution in [2.75, 3.05) is 47.2 Å². The predicted molar refractivity (Wildman–Crippen MR) is 158 cm³/mol. The number of ether oxygens (including phenoxy) is 1. The number of hydrogen-bond acceptors (Lipinski definition) is 8. The number of nitrogens with zero attached hydrogens (tertiary/aromatic N) is 5. The fraction of sp³-hybridized carbons (Fsp3) is 0.571. The van der Waals surface area contributed by atoms with Crippen LogP contribution in [0.15, 0.2) is 30.5 Å². The second kappa shape index (κ2) is 14.4. The van der Waals surface area contributed by atoms with Gasteiger partial charge in [0.2, 0.25) is 5.95 Å². The third-order valence-electron chi connectivity index (χ3n) is 7.70. The Morgan fingerprint density at radius 1 is 1.12 bits per heavy atom. The normalized spacial score (nSPS) is 16.8. The van der Waals surface area contributed by atoms with Crippen molar-refractivity contribution in [2.24, 2.45) is 5.92 Å². The molecule has 2 atom stereocenters. The minimum absolute atomic E-state index is 0.102. The number of hydrogen-bond donors (Lipinski definition) is 3. The predicted octanol–water partition coefficient (Wildman–Crippen LogP) is 4.16. The quantitative estimate of drug-likeness (QED) is 0.291. The first-order valence-corrected chi connectivity index (χ1v) is 15.4. The van der Waals surface area contributed by atoms with Crippen LogP contribution < -0.4 is 19.3 Å². The zero-order valence-electron chi connectivity index (χ0n) is 23.7. The number of rotatable bonds is 13. The van der Waals surface area contributed by atoms with E-state index in [2.05, 4.69) is 15.3 Å². The maximum Gasteiger partial charge on any atom is 0.415 e. The van der Waals surface area contributed by atoms with Gasteiger partial charge in [0, 0.05) is 39.1 Å². The molecular formula is C28H40N6O6S. The molecule has 1 saturated carbocycles. The van der Waals surface area contributed by atoms with E-state index in [1.54, 1.807) is 29.2 Å². The van der Waals surface area contributed by atoms with Crippen LogP contribution in [-0.4, -0.2) is 79.6 Å². The highest BCUT2D eigenvalue weighted by Gasteiger charge is 2.28. The summed E-state index contributed by atoms with van der Waals surface area (Å²) in [4.78, 5) is 37.3. The number of benzene rings is 1. The molecule has 0 radical (unpaired) electrons. The summed E-state index contributed by atoms with van der Waals surface area (Å²) in [5, 5.41) is 13.1. The Bertz CT molecular complexity index is 1200. The van der Waals surface area contributed by atoms with Gasteiger partial charge in [-0.25, -0.2) is 18.8 Å². The van der Waals surface area contributed by atoms with Crippen LogP contribution in [0.3, 0.4) is 0 Å². The van der Waals surface area contributed by atoms with E-state index in [0.29, 0.717) is 50.0 Å². The van der Waals surface area contributed by atoms with E-state index in [4.69, 9.17) is 4.74 Å². The van der Waals surface area contributed by atoms with Crippen LogP contribution >= 0.6 is 0 Å². The van der Waals surface area contributed by atoms with Gasteiger partial charge in [-0.15, -0.1) is 0 Å². The molecule has 1 aromatic carbocycles. The summed E-state index contributed by atoms with van der Waals surface area (Å²) in [6, 6.07) is 5.65. The van der Waals surface area contributed by atoms with Crippen molar-refractivity contribution < 1.29 is 28.2 Å². The molecule has 0 bridgehead atoms. The molecule has 1 aliphatic carbocycles. The third-order valence-corrected chi connectivity index (χ3v) is 8.42. The highest BCUT2D eigenvalue weighted by atomic mass is 32.2. The smallest absolute Gasteiger partial charge is 0.415 e. The number of carboxylic acid groups (broad SMARTS) is 1. The van der Waals surface area contributed by atoms with Gasteiger partial charge in [0.15, 0.2) is 5.82 Å². The summed E-state index contributed by atoms with van der Waals surface area (Å²) in [5.74, 6) is 0.135. The summed E-state index contributed by atoms with van der Waals surface area (Å²) >= 11 is -2.35. The van der Waals surface area contributed by atoms with E-state index < -0.39 is 23.3 Å². The molecule has 41 heavy (non-hydrogen) atoms. The van der Waals surface area contributed by atoms with E-state index in [1.807, 2.05) is 18.7 Å². The number of amides is 1. The standard InChI is InChI=1S/C28H40N6O6S/c1-3-32(4-2)27-29-18-24(34(41(38)39)19-21-9-5-6-10-21)25(31-27)30-23(26(35)36)17-20-11-13-22(14-12-20)40-28(37)33-15-7-8-16-33/h11-14,18,21,23H,3-10,15-17,19H2,1-2H3,(H,35,36)(H,38,39)(H,29,30,31). The van der Waals surface area contributed by atoms with Gasteiger partial charge < -0.3 is 25.0 Å². The maximum absolute atomic E-state index is 12.5. The lowest BCUT2D eigenvalue weighted by atomic mass is 10.1. The van der Waals surface area contributed by atoms with Crippen LogP contribution in [0.25, 0.3) is 0 Å². The van der Waals surface area contributed by atoms with Gasteiger partial charge in [-0.1, -0.05) is 25.0 Å². The molecule has 2 aliphatic rings. The first-order valence-electron chi connectivity index (χ1n) is 14.3. The zero-order valence-corrected chi connectivity index (χ0v) is 24.5. The van der Waals surface area contributed by atoms with E-state index in [-0.39, 0.29) is 29.9 Å². The van der Waals surface area contributed by atoms with Gasteiger partial charge in [-0.3, -0.25) is 8.86 Å². The minimum Gasteiger partial charge on any atom is -0.480 e. The van der Waals surface area contributed by atoms with E-state index in [9.17, 15) is 23.5 Å². The summed E-state index contributed by atoms with van der Waals surface area (Å²) in [6.45, 7) is 6.94. The maximum atomic E-state index is 12.5. The van der Waals surface area contributed by atoms with Crippen molar-refractivity contribution in [3.8, 4) is 5.75 Å². The molecule has 1 amide bonds. The lowest BCUT2D eigenvalue weighted by Gasteiger charge is -2.27. The second-order valence-corrected chi connectivity index (χ2v) is 11.4. The number of carbonyl (C=O) groups is 2. The number of carbonyl (C=O) groups excluding carboxylic acids is 1. The fourth-order valence-electron chi connectivity index (χ4n) is 5.35. The van der Waals surface area contributed by atoms with E-state index >= 15 is 0 Å². The van der Waals surface area contributed by atoms with Crippen LogP contribution in [-0.2, 0) is 22.5 Å². The molecule has 2 aromatic rings. The van der Waals surface area contributed by atoms with Crippen molar-refractivity contribution in [2.45, 2.75) is 64.8 Å². The van der Waals surface area contributed by atoms with Gasteiger partial charge in [0.1, 0.15) is 17.5 Å². The van der Waals surface area contributed by atoms with Gasteiger partial charge >= 0.3 is 12.1 Å². The monoisotopic (exact) mass is 588 g/mol. The molecule has 1 aliphatic heterocycles. The molecule has 3 N–H and O–H groups in total. The van der Waals surface area contributed by atoms with E-state index in [1.165, 1.54) is 10.5 Å². The number of anilines is 3. The highest BCUT2D eigenvalue weighted by molar-refractivity contribution is 7.80. The van der Waals surface area contributed by atoms with Gasteiger partial charge in [0.05, 0.1) is 6.20 Å². The summed E-state index contributed by atoms with van der Waals surface area (Å²) in [5.41, 5.74) is 0.989. The van der Waals surface area contributed by atoms with Crippen molar-refractivity contribution in [3.63, 3.8) is 0 Å². The van der Waals surface area contributed by atoms with Crippen LogP contribution in [0.5, 0.6) is 5.75 Å². The Morgan fingerprint density at radius 2 is 1.78 bits per heavy atom. The summed E-state index contributed by atoms with van der Waals surface area (Å²) in [7, 11) is 0. The molecule has 12 nitrogen and oxygen atoms in total. The molecule has 1 aromatic heterocycles. The van der Waals surface area contributed by atoms with E-state index in [0.717, 1.165) is 38.5 Å². The first kappa shape index (κ1) is 30.5. The van der Waals surface area contributed by atoms with Crippen LogP contribution in [0.1, 0.15) is 57.9 Å². The van der Waals surface area contributed by atoms with Gasteiger partial charge in [0.25, 0.3) is 11.3 Å². The van der Waals surface area contributed by atoms with Crippen molar-refractivity contribution >= 4 is 40.8 Å². The fourth-order valence-corrected chi connectivity index (χ4v) is 5.99. The molecule has 13 heteroatoms. The Labute approximate surface area is 243 Å². The first-order chi connectivity index (χ1) is 19.8. The Kier molecular flexibility index (Phi) is 10.7. The van der Waals surface area contributed by atoms with Crippen molar-refractivity contribution in [1.29, 1.82) is 0 Å². The molecule has 0 spiro atoms. The number of aromatic nitrogens is 2. The van der Waals surface area contributed by atoms with Gasteiger partial charge in [-0.05, 0) is 63.1 Å². The molecule has 2 fully saturated rings. The lowest BCUT2D eigenvalue weighted by molar-refractivity contribution is -0.137. The van der Waals surface area contributed by atoms with Crippen molar-refractivity contribution in [1.82, 2.24) is 14.9 Å². The average Bonchev–Trinajstić information content (AvgIpc) is 3.68. The number of aliphatic carboxylic acids is 1. The molecule has 1 saturated heterocycles. The second-order valence-electron chi connectivity index (χ2n) is 10.5. The molecule has 2 heterocycles. The molecule has 2 unspecified atom stereocenters. The average molecular weight is 589 g/mol.